The van der Waals surface area contributed by atoms with Crippen molar-refractivity contribution in [2.24, 2.45) is 0 Å². The van der Waals surface area contributed by atoms with Gasteiger partial charge in [-0.25, -0.2) is 18.4 Å². The van der Waals surface area contributed by atoms with E-state index in [2.05, 4.69) is 37.7 Å². The summed E-state index contributed by atoms with van der Waals surface area (Å²) in [4.78, 5) is 36.5. The zero-order valence-electron chi connectivity index (χ0n) is 58.0. The van der Waals surface area contributed by atoms with Crippen LogP contribution < -0.4 is 28.4 Å². The summed E-state index contributed by atoms with van der Waals surface area (Å²) >= 11 is 0. The number of esters is 2. The Hall–Kier alpha value is -6.04. The van der Waals surface area contributed by atoms with Gasteiger partial charge < -0.3 is 28.4 Å². The van der Waals surface area contributed by atoms with Crippen LogP contribution in [0.1, 0.15) is 316 Å². The molecule has 3 aromatic carbocycles. The number of unbranched alkanes of at least 4 members (excludes halogenated alkanes) is 36. The summed E-state index contributed by atoms with van der Waals surface area (Å²) in [7, 11) is 0. The van der Waals surface area contributed by atoms with E-state index in [-0.39, 0.29) is 34.0 Å². The Labute approximate surface area is 554 Å². The summed E-state index contributed by atoms with van der Waals surface area (Å²) < 4.78 is 68.4. The molecule has 12 heteroatoms. The van der Waals surface area contributed by atoms with Crippen molar-refractivity contribution in [2.45, 2.75) is 298 Å². The van der Waals surface area contributed by atoms with Crippen molar-refractivity contribution in [1.82, 2.24) is 9.97 Å². The summed E-state index contributed by atoms with van der Waals surface area (Å²) in [6.07, 6.45) is 51.7. The monoisotopic (exact) mass is 1270 g/mol. The number of nitrogens with zero attached hydrogens (tertiary/aromatic N) is 2. The van der Waals surface area contributed by atoms with Crippen LogP contribution in [0.25, 0.3) is 22.5 Å². The maximum Gasteiger partial charge on any atom is 0.343 e. The van der Waals surface area contributed by atoms with Gasteiger partial charge in [0.1, 0.15) is 23.1 Å². The topological polar surface area (TPSA) is 115 Å². The molecule has 0 aliphatic rings. The molecule has 0 amide bonds. The minimum absolute atomic E-state index is 0.0160. The van der Waals surface area contributed by atoms with Gasteiger partial charge >= 0.3 is 11.9 Å². The third-order valence-corrected chi connectivity index (χ3v) is 17.5. The van der Waals surface area contributed by atoms with Crippen LogP contribution >= 0.6 is 0 Å². The van der Waals surface area contributed by atoms with Crippen molar-refractivity contribution in [2.75, 3.05) is 26.4 Å². The highest BCUT2D eigenvalue weighted by atomic mass is 19.1. The standard InChI is InChI=1S/C80H118F2N2O8/c1-7-11-15-19-23-27-31-35-39-43-51-87-75-57-65(55-63(5)77(75)89-53-45-41-37-33-29-25-21-17-13-9-3)79(85)91-67-47-49-73(83-61-67)69-59-70(72(82)60-71(69)81)74-50-48-68(62-84-74)92-80(86)66-56-64(6)78(90-54-46-42-38-34-30-26-22-18-14-10-4)76(58-66)88-52-44-40-36-32-28-24-20-16-12-8-2/h47-50,55-62H,7-46,51-54H2,1-6H3. The molecule has 10 nitrogen and oxygen atoms in total. The van der Waals surface area contributed by atoms with Gasteiger partial charge in [0.25, 0.3) is 0 Å². The van der Waals surface area contributed by atoms with Gasteiger partial charge in [0.15, 0.2) is 23.0 Å². The number of aromatic nitrogens is 2. The van der Waals surface area contributed by atoms with E-state index in [0.717, 1.165) is 68.6 Å². The number of ether oxygens (including phenoxy) is 6. The van der Waals surface area contributed by atoms with Gasteiger partial charge in [-0.2, -0.15) is 0 Å². The van der Waals surface area contributed by atoms with Gasteiger partial charge in [0.05, 0.1) is 61.3 Å². The van der Waals surface area contributed by atoms with Gasteiger partial charge in [-0.05, 0) is 105 Å². The quantitative estimate of drug-likeness (QED) is 0.0275. The molecule has 0 aliphatic heterocycles. The first-order valence-corrected chi connectivity index (χ1v) is 36.7. The molecule has 5 aromatic rings. The molecule has 0 radical (unpaired) electrons. The largest absolute Gasteiger partial charge is 0.490 e. The predicted octanol–water partition coefficient (Wildman–Crippen LogP) is 24.3. The van der Waals surface area contributed by atoms with E-state index >= 15 is 8.78 Å². The predicted molar refractivity (Wildman–Crippen MR) is 374 cm³/mol. The molecule has 92 heavy (non-hydrogen) atoms. The van der Waals surface area contributed by atoms with Crippen molar-refractivity contribution in [3.8, 4) is 57.0 Å². The third-order valence-electron chi connectivity index (χ3n) is 17.5. The van der Waals surface area contributed by atoms with Gasteiger partial charge in [0, 0.05) is 17.2 Å². The second-order valence-corrected chi connectivity index (χ2v) is 25.7. The van der Waals surface area contributed by atoms with Crippen LogP contribution in [0, 0.1) is 25.5 Å². The number of aryl methyl sites for hydroxylation is 2. The highest BCUT2D eigenvalue weighted by molar-refractivity contribution is 5.93. The van der Waals surface area contributed by atoms with Crippen molar-refractivity contribution in [3.05, 3.63) is 107 Å². The van der Waals surface area contributed by atoms with Gasteiger partial charge in [0.2, 0.25) is 0 Å². The van der Waals surface area contributed by atoms with E-state index in [1.807, 2.05) is 13.8 Å². The Balaban J connectivity index is 1.19. The van der Waals surface area contributed by atoms with E-state index in [1.165, 1.54) is 248 Å². The normalized spacial score (nSPS) is 11.3. The fourth-order valence-corrected chi connectivity index (χ4v) is 11.8. The Kier molecular flexibility index (Phi) is 39.8. The first-order valence-electron chi connectivity index (χ1n) is 36.7. The van der Waals surface area contributed by atoms with Crippen LogP contribution in [-0.4, -0.2) is 48.3 Å². The molecule has 2 heterocycles. The van der Waals surface area contributed by atoms with Crippen molar-refractivity contribution in [1.29, 1.82) is 0 Å². The molecule has 0 atom stereocenters. The fraction of sp³-hybridized carbons (Fsp3) is 0.625. The van der Waals surface area contributed by atoms with E-state index in [0.29, 0.717) is 60.6 Å². The lowest BCUT2D eigenvalue weighted by molar-refractivity contribution is 0.0724. The molecule has 5 rings (SSSR count). The Morgan fingerprint density at radius 2 is 0.609 bits per heavy atom. The van der Waals surface area contributed by atoms with Crippen LogP contribution in [0.15, 0.2) is 73.1 Å². The van der Waals surface area contributed by atoms with Crippen LogP contribution in [0.3, 0.4) is 0 Å². The van der Waals surface area contributed by atoms with Crippen LogP contribution in [0.4, 0.5) is 8.78 Å². The van der Waals surface area contributed by atoms with Crippen LogP contribution in [0.5, 0.6) is 34.5 Å². The number of benzene rings is 3. The maximum atomic E-state index is 15.6. The molecule has 0 saturated heterocycles. The number of hydrogen-bond acceptors (Lipinski definition) is 10. The lowest BCUT2D eigenvalue weighted by Gasteiger charge is -2.17. The average Bonchev–Trinajstić information content (AvgIpc) is 1.07. The van der Waals surface area contributed by atoms with Gasteiger partial charge in [-0.3, -0.25) is 9.97 Å². The molecule has 0 N–H and O–H groups in total. The summed E-state index contributed by atoms with van der Waals surface area (Å²) in [5.74, 6) is -0.253. The molecule has 510 valence electrons. The zero-order chi connectivity index (χ0) is 65.6. The molecule has 0 fully saturated rings. The number of halogens is 2. The Morgan fingerprint density at radius 1 is 0.337 bits per heavy atom. The van der Waals surface area contributed by atoms with Crippen LogP contribution in [0.2, 0.25) is 0 Å². The molecule has 0 saturated carbocycles. The number of carbonyl (C=O) groups excluding carboxylic acids is 2. The van der Waals surface area contributed by atoms with Gasteiger partial charge in [-0.15, -0.1) is 0 Å². The lowest BCUT2D eigenvalue weighted by Crippen LogP contribution is -2.11. The third kappa shape index (κ3) is 30.4. The van der Waals surface area contributed by atoms with E-state index < -0.39 is 23.6 Å². The molecule has 0 bridgehead atoms. The minimum atomic E-state index is -0.831. The summed E-state index contributed by atoms with van der Waals surface area (Å²) in [6.45, 7) is 15.0. The highest BCUT2D eigenvalue weighted by Gasteiger charge is 2.21. The zero-order valence-corrected chi connectivity index (χ0v) is 58.0. The maximum absolute atomic E-state index is 15.6. The summed E-state index contributed by atoms with van der Waals surface area (Å²) in [5.41, 5.74) is 2.56. The van der Waals surface area contributed by atoms with Crippen molar-refractivity contribution < 1.29 is 46.8 Å². The first-order chi connectivity index (χ1) is 45.1. The first kappa shape index (κ1) is 76.7. The Morgan fingerprint density at radius 3 is 0.880 bits per heavy atom. The molecular weight excluding hydrogens is 1150 g/mol. The highest BCUT2D eigenvalue weighted by Crippen LogP contribution is 2.37. The van der Waals surface area contributed by atoms with E-state index in [9.17, 15) is 9.59 Å². The summed E-state index contributed by atoms with van der Waals surface area (Å²) in [5, 5.41) is 0. The molecule has 0 aliphatic carbocycles. The van der Waals surface area contributed by atoms with Crippen molar-refractivity contribution in [3.63, 3.8) is 0 Å². The van der Waals surface area contributed by atoms with Crippen molar-refractivity contribution >= 4 is 11.9 Å². The Bertz CT molecular complexity index is 2600. The minimum Gasteiger partial charge on any atom is -0.490 e. The smallest absolute Gasteiger partial charge is 0.343 e. The van der Waals surface area contributed by atoms with Gasteiger partial charge in [-0.1, -0.05) is 259 Å². The average molecular weight is 1270 g/mol. The molecule has 2 aromatic heterocycles. The fourth-order valence-electron chi connectivity index (χ4n) is 11.8. The second-order valence-electron chi connectivity index (χ2n) is 25.7. The SMILES string of the molecule is CCCCCCCCCCCCOc1cc(C(=O)Oc2ccc(-c3cc(-c4ccc(OC(=O)c5cc(C)c(OCCCCCCCCCCCC)c(OCCCCCCCCCCCC)c5)cn4)c(F)cc3F)nc2)cc(C)c1OCCCCCCCCCCCC. The second kappa shape index (κ2) is 47.8. The van der Waals surface area contributed by atoms with Crippen LogP contribution in [-0.2, 0) is 0 Å². The number of hydrogen-bond donors (Lipinski definition) is 0. The summed E-state index contributed by atoms with van der Waals surface area (Å²) in [6, 6.07) is 15.1. The van der Waals surface area contributed by atoms with E-state index in [4.69, 9.17) is 28.4 Å². The van der Waals surface area contributed by atoms with E-state index in [1.54, 1.807) is 24.3 Å². The molecule has 0 spiro atoms. The molecule has 0 unspecified atom stereocenters. The number of pyridine rings is 2. The molecular formula is C80H118F2N2O8. The lowest BCUT2D eigenvalue weighted by atomic mass is 10.0. The number of rotatable bonds is 54. The number of carbonyl (C=O) groups is 2.